The highest BCUT2D eigenvalue weighted by Gasteiger charge is 2.31. The Balaban J connectivity index is 1.60. The summed E-state index contributed by atoms with van der Waals surface area (Å²) in [7, 11) is 0. The zero-order valence-corrected chi connectivity index (χ0v) is 20.6. The summed E-state index contributed by atoms with van der Waals surface area (Å²) in [5.41, 5.74) is 0. The van der Waals surface area contributed by atoms with Crippen LogP contribution in [0.15, 0.2) is 0 Å². The molecule has 0 radical (unpaired) electrons. The molecule has 0 aromatic rings. The van der Waals surface area contributed by atoms with Crippen LogP contribution in [0.4, 0.5) is 0 Å². The summed E-state index contributed by atoms with van der Waals surface area (Å²) in [6, 6.07) is 2.30. The van der Waals surface area contributed by atoms with Crippen molar-refractivity contribution in [2.75, 3.05) is 39.4 Å². The molecule has 0 aromatic carbocycles. The Bertz CT molecular complexity index is 646. The zero-order chi connectivity index (χ0) is 23.5. The third-order valence-electron chi connectivity index (χ3n) is 7.88. The Hall–Kier alpha value is -1.65. The molecule has 3 fully saturated rings. The number of amides is 2. The molecule has 2 saturated carbocycles. The van der Waals surface area contributed by atoms with Crippen molar-refractivity contribution in [3.05, 3.63) is 0 Å². The number of nitriles is 1. The van der Waals surface area contributed by atoms with E-state index in [1.807, 2.05) is 4.90 Å². The third kappa shape index (κ3) is 8.26. The summed E-state index contributed by atoms with van der Waals surface area (Å²) in [4.78, 5) is 30.5. The number of carbonyl (C=O) groups is 2. The highest BCUT2D eigenvalue weighted by Crippen LogP contribution is 2.31. The summed E-state index contributed by atoms with van der Waals surface area (Å²) in [5.74, 6) is 0.0690. The summed E-state index contributed by atoms with van der Waals surface area (Å²) in [5, 5.41) is 12.9. The van der Waals surface area contributed by atoms with E-state index in [1.165, 1.54) is 51.4 Å². The van der Waals surface area contributed by atoms with Crippen LogP contribution < -0.4 is 5.32 Å². The number of nitrogens with one attached hydrogen (secondary N) is 1. The van der Waals surface area contributed by atoms with Crippen LogP contribution in [-0.2, 0) is 14.3 Å². The molecule has 2 amide bonds. The van der Waals surface area contributed by atoms with Gasteiger partial charge in [-0.15, -0.1) is 0 Å². The minimum Gasteiger partial charge on any atom is -0.378 e. The molecular weight excluding hydrogens is 416 g/mol. The Kier molecular flexibility index (Phi) is 10.9. The number of hydrogen-bond donors (Lipinski definition) is 1. The molecule has 1 saturated heterocycles. The molecule has 0 unspecified atom stereocenters. The molecule has 2 atom stereocenters. The normalized spacial score (nSPS) is 22.5. The van der Waals surface area contributed by atoms with Gasteiger partial charge in [-0.2, -0.15) is 5.26 Å². The van der Waals surface area contributed by atoms with Crippen molar-refractivity contribution >= 4 is 11.8 Å². The molecule has 3 aliphatic rings. The molecule has 3 rings (SSSR count). The fourth-order valence-corrected chi connectivity index (χ4v) is 5.89. The van der Waals surface area contributed by atoms with Gasteiger partial charge >= 0.3 is 0 Å². The highest BCUT2D eigenvalue weighted by molar-refractivity contribution is 5.86. The minimum atomic E-state index is -0.535. The van der Waals surface area contributed by atoms with E-state index in [4.69, 9.17) is 4.74 Å². The molecule has 0 bridgehead atoms. The zero-order valence-electron chi connectivity index (χ0n) is 20.6. The quantitative estimate of drug-likeness (QED) is 0.539. The maximum absolute atomic E-state index is 13.4. The fourth-order valence-electron chi connectivity index (χ4n) is 5.89. The van der Waals surface area contributed by atoms with E-state index in [2.05, 4.69) is 23.2 Å². The largest absolute Gasteiger partial charge is 0.378 e. The predicted molar refractivity (Wildman–Crippen MR) is 128 cm³/mol. The Labute approximate surface area is 200 Å². The van der Waals surface area contributed by atoms with E-state index in [0.717, 1.165) is 25.8 Å². The van der Waals surface area contributed by atoms with E-state index < -0.39 is 6.04 Å². The van der Waals surface area contributed by atoms with Crippen molar-refractivity contribution in [3.63, 3.8) is 0 Å². The topological polar surface area (TPSA) is 85.7 Å². The van der Waals surface area contributed by atoms with E-state index in [1.54, 1.807) is 0 Å². The van der Waals surface area contributed by atoms with Crippen LogP contribution in [0.2, 0.25) is 0 Å². The van der Waals surface area contributed by atoms with Gasteiger partial charge in [-0.1, -0.05) is 58.3 Å². The van der Waals surface area contributed by atoms with Gasteiger partial charge in [0, 0.05) is 38.0 Å². The van der Waals surface area contributed by atoms with Crippen LogP contribution in [0, 0.1) is 23.2 Å². The number of morpholine rings is 1. The first-order valence-corrected chi connectivity index (χ1v) is 13.4. The molecule has 1 N–H and O–H groups in total. The first-order chi connectivity index (χ1) is 16.1. The van der Waals surface area contributed by atoms with Gasteiger partial charge in [-0.25, -0.2) is 0 Å². The molecule has 0 spiro atoms. The molecule has 33 heavy (non-hydrogen) atoms. The van der Waals surface area contributed by atoms with Crippen LogP contribution in [-0.4, -0.2) is 73.1 Å². The Morgan fingerprint density at radius 2 is 1.70 bits per heavy atom. The molecule has 186 valence electrons. The second-order valence-electron chi connectivity index (χ2n) is 10.2. The minimum absolute atomic E-state index is 0.0418. The van der Waals surface area contributed by atoms with Crippen molar-refractivity contribution in [1.29, 1.82) is 5.26 Å². The van der Waals surface area contributed by atoms with Gasteiger partial charge in [-0.3, -0.25) is 14.5 Å². The molecule has 7 nitrogen and oxygen atoms in total. The van der Waals surface area contributed by atoms with Crippen molar-refractivity contribution in [2.24, 2.45) is 11.8 Å². The van der Waals surface area contributed by atoms with Gasteiger partial charge in [0.05, 0.1) is 19.3 Å². The SMILES string of the molecule is CCN(C[C@@H](C#N)NC(=O)[C@@H](CC(=O)N1CCOCC1)CC1CCCCC1)C1CCCCC1. The van der Waals surface area contributed by atoms with Gasteiger partial charge in [-0.05, 0) is 31.7 Å². The number of rotatable bonds is 10. The molecule has 1 aliphatic heterocycles. The monoisotopic (exact) mass is 460 g/mol. The van der Waals surface area contributed by atoms with E-state index in [0.29, 0.717) is 44.8 Å². The number of ether oxygens (including phenoxy) is 1. The lowest BCUT2D eigenvalue weighted by molar-refractivity contribution is -0.140. The fraction of sp³-hybridized carbons (Fsp3) is 0.885. The maximum atomic E-state index is 13.4. The van der Waals surface area contributed by atoms with Gasteiger partial charge in [0.15, 0.2) is 0 Å². The Morgan fingerprint density at radius 1 is 1.06 bits per heavy atom. The van der Waals surface area contributed by atoms with Gasteiger partial charge < -0.3 is 15.0 Å². The summed E-state index contributed by atoms with van der Waals surface area (Å²) in [6.45, 7) is 5.93. The Morgan fingerprint density at radius 3 is 2.30 bits per heavy atom. The summed E-state index contributed by atoms with van der Waals surface area (Å²) in [6.07, 6.45) is 13.1. The van der Waals surface area contributed by atoms with Crippen LogP contribution in [0.1, 0.15) is 84.0 Å². The van der Waals surface area contributed by atoms with E-state index in [-0.39, 0.29) is 24.2 Å². The second-order valence-corrected chi connectivity index (χ2v) is 10.2. The van der Waals surface area contributed by atoms with E-state index in [9.17, 15) is 14.9 Å². The van der Waals surface area contributed by atoms with Crippen LogP contribution in [0.5, 0.6) is 0 Å². The van der Waals surface area contributed by atoms with Gasteiger partial charge in [0.25, 0.3) is 0 Å². The smallest absolute Gasteiger partial charge is 0.224 e. The first-order valence-electron chi connectivity index (χ1n) is 13.4. The van der Waals surface area contributed by atoms with Crippen molar-refractivity contribution in [2.45, 2.75) is 96.1 Å². The average Bonchev–Trinajstić information content (AvgIpc) is 2.87. The molecule has 7 heteroatoms. The number of nitrogens with zero attached hydrogens (tertiary/aromatic N) is 3. The third-order valence-corrected chi connectivity index (χ3v) is 7.88. The molecule has 0 aromatic heterocycles. The van der Waals surface area contributed by atoms with Gasteiger partial charge in [0.1, 0.15) is 6.04 Å². The van der Waals surface area contributed by atoms with Crippen molar-refractivity contribution in [1.82, 2.24) is 15.1 Å². The standard InChI is InChI=1S/C26H44N4O3/c1-2-29(24-11-7-4-8-12-24)20-23(19-27)28-26(32)22(17-21-9-5-3-6-10-21)18-25(31)30-13-15-33-16-14-30/h21-24H,2-18,20H2,1H3,(H,28,32)/t22-,23-/m1/s1. The second kappa shape index (κ2) is 13.9. The predicted octanol–water partition coefficient (Wildman–Crippen LogP) is 3.48. The number of carbonyl (C=O) groups excluding carboxylic acids is 2. The van der Waals surface area contributed by atoms with Crippen molar-refractivity contribution < 1.29 is 14.3 Å². The lowest BCUT2D eigenvalue weighted by atomic mass is 9.81. The summed E-state index contributed by atoms with van der Waals surface area (Å²) < 4.78 is 5.37. The number of hydrogen-bond acceptors (Lipinski definition) is 5. The average molecular weight is 461 g/mol. The molecule has 1 heterocycles. The first kappa shape index (κ1) is 26.0. The maximum Gasteiger partial charge on any atom is 0.224 e. The van der Waals surface area contributed by atoms with Crippen LogP contribution in [0.25, 0.3) is 0 Å². The summed E-state index contributed by atoms with van der Waals surface area (Å²) >= 11 is 0. The highest BCUT2D eigenvalue weighted by atomic mass is 16.5. The van der Waals surface area contributed by atoms with E-state index >= 15 is 0 Å². The van der Waals surface area contributed by atoms with Crippen LogP contribution >= 0.6 is 0 Å². The van der Waals surface area contributed by atoms with Crippen molar-refractivity contribution in [3.8, 4) is 6.07 Å². The molecule has 2 aliphatic carbocycles. The lowest BCUT2D eigenvalue weighted by Crippen LogP contribution is -2.49. The van der Waals surface area contributed by atoms with Gasteiger partial charge in [0.2, 0.25) is 11.8 Å². The number of likely N-dealkylation sites (N-methyl/N-ethyl adjacent to an activating group) is 1. The van der Waals surface area contributed by atoms with Crippen LogP contribution in [0.3, 0.4) is 0 Å². The lowest BCUT2D eigenvalue weighted by Gasteiger charge is -2.35. The molecular formula is C26H44N4O3.